The Kier molecular flexibility index (Phi) is 4.87. The minimum Gasteiger partial charge on any atom is -0.455 e. The Bertz CT molecular complexity index is 925. The van der Waals surface area contributed by atoms with E-state index in [-0.39, 0.29) is 18.8 Å². The highest BCUT2D eigenvalue weighted by molar-refractivity contribution is 8.07. The van der Waals surface area contributed by atoms with Gasteiger partial charge in [-0.2, -0.15) is 0 Å². The lowest BCUT2D eigenvalue weighted by molar-refractivity contribution is -0.158. The molecule has 2 saturated heterocycles. The topological polar surface area (TPSA) is 144 Å². The van der Waals surface area contributed by atoms with Gasteiger partial charge in [0, 0.05) is 6.42 Å². The molecule has 2 aliphatic heterocycles. The number of ether oxygens (including phenoxy) is 2. The third-order valence-corrected chi connectivity index (χ3v) is 5.88. The molecule has 0 aromatic carbocycles. The maximum Gasteiger partial charge on any atom is 0.325 e. The zero-order valence-electron chi connectivity index (χ0n) is 14.3. The number of hydrogen-bond donors (Lipinski definition) is 2. The highest BCUT2D eigenvalue weighted by atomic mass is 32.5. The van der Waals surface area contributed by atoms with Gasteiger partial charge >= 0.3 is 12.7 Å². The molecule has 2 fully saturated rings. The Morgan fingerprint density at radius 1 is 1.52 bits per heavy atom. The van der Waals surface area contributed by atoms with Gasteiger partial charge in [-0.25, -0.2) is 15.0 Å². The summed E-state index contributed by atoms with van der Waals surface area (Å²) in [6.07, 6.45) is 0.663. The quantitative estimate of drug-likeness (QED) is 0.536. The van der Waals surface area contributed by atoms with Crippen LogP contribution >= 0.6 is 6.72 Å². The van der Waals surface area contributed by atoms with Crippen molar-refractivity contribution in [1.29, 1.82) is 0 Å². The maximum atomic E-state index is 12.2. The second kappa shape index (κ2) is 7.04. The Morgan fingerprint density at radius 2 is 2.33 bits per heavy atom. The Hall–Kier alpha value is -1.69. The first-order chi connectivity index (χ1) is 12.9. The van der Waals surface area contributed by atoms with Gasteiger partial charge in [-0.3, -0.25) is 13.9 Å². The van der Waals surface area contributed by atoms with Crippen LogP contribution in [0.3, 0.4) is 0 Å². The van der Waals surface area contributed by atoms with Crippen LogP contribution in [0, 0.1) is 0 Å². The fourth-order valence-corrected chi connectivity index (χ4v) is 4.58. The molecule has 5 atom stereocenters. The molecular formula is C14H18N5O6PS. The van der Waals surface area contributed by atoms with Gasteiger partial charge in [-0.15, -0.1) is 0 Å². The fourth-order valence-electron chi connectivity index (χ4n) is 3.14. The van der Waals surface area contributed by atoms with E-state index in [1.807, 2.05) is 6.92 Å². The molecule has 0 spiro atoms. The number of nitrogens with two attached hydrogens (primary N) is 1. The molecule has 0 radical (unpaired) electrons. The van der Waals surface area contributed by atoms with Crippen molar-refractivity contribution in [2.75, 3.05) is 12.3 Å². The standard InChI is InChI=1S/C14H18N5O6PS/c1-2-3-8(20)24-11-10-7(4-22-26(21,27)25-10)23-14(11)19-6-18-9-12(15)16-5-17-13(9)19/h5-7,10-11,14H,2-4H2,1H3,(H,21,27)(H2,15,16,17)/t7-,10-,11-,14-,26?/m1/s1. The van der Waals surface area contributed by atoms with Gasteiger partial charge in [-0.1, -0.05) is 6.92 Å². The van der Waals surface area contributed by atoms with E-state index in [0.717, 1.165) is 0 Å². The monoisotopic (exact) mass is 415 g/mol. The smallest absolute Gasteiger partial charge is 0.325 e. The normalized spacial score (nSPS) is 33.1. The third-order valence-electron chi connectivity index (χ3n) is 4.33. The summed E-state index contributed by atoms with van der Waals surface area (Å²) in [6.45, 7) is -1.52. The summed E-state index contributed by atoms with van der Waals surface area (Å²) in [7, 11) is 0. The number of rotatable bonds is 4. The molecule has 11 nitrogen and oxygen atoms in total. The zero-order chi connectivity index (χ0) is 19.2. The van der Waals surface area contributed by atoms with Crippen molar-refractivity contribution in [3.05, 3.63) is 12.7 Å². The molecule has 1 unspecified atom stereocenters. The average Bonchev–Trinajstić information content (AvgIpc) is 3.17. The molecule has 3 N–H and O–H groups in total. The highest BCUT2D eigenvalue weighted by Crippen LogP contribution is 2.53. The predicted molar refractivity (Wildman–Crippen MR) is 95.8 cm³/mol. The summed E-state index contributed by atoms with van der Waals surface area (Å²) < 4.78 is 23.9. The van der Waals surface area contributed by atoms with Crippen LogP contribution in [0.2, 0.25) is 0 Å². The van der Waals surface area contributed by atoms with E-state index < -0.39 is 37.2 Å². The molecule has 0 aliphatic carbocycles. The lowest BCUT2D eigenvalue weighted by atomic mass is 10.1. The van der Waals surface area contributed by atoms with Crippen LogP contribution in [0.15, 0.2) is 12.7 Å². The maximum absolute atomic E-state index is 12.2. The average molecular weight is 415 g/mol. The van der Waals surface area contributed by atoms with Gasteiger partial charge in [0.1, 0.15) is 24.1 Å². The van der Waals surface area contributed by atoms with Crippen LogP contribution in [0.4, 0.5) is 5.82 Å². The van der Waals surface area contributed by atoms with Crippen molar-refractivity contribution in [1.82, 2.24) is 19.5 Å². The molecule has 4 heterocycles. The van der Waals surface area contributed by atoms with Crippen molar-refractivity contribution in [3.8, 4) is 0 Å². The van der Waals surface area contributed by atoms with E-state index in [2.05, 4.69) is 15.0 Å². The first kappa shape index (κ1) is 18.7. The first-order valence-electron chi connectivity index (χ1n) is 8.33. The van der Waals surface area contributed by atoms with Crippen molar-refractivity contribution in [2.24, 2.45) is 0 Å². The van der Waals surface area contributed by atoms with Gasteiger partial charge in [0.05, 0.1) is 12.9 Å². The Labute approximate surface area is 159 Å². The van der Waals surface area contributed by atoms with E-state index in [1.165, 1.54) is 12.7 Å². The third kappa shape index (κ3) is 3.44. The van der Waals surface area contributed by atoms with Crippen LogP contribution < -0.4 is 5.73 Å². The molecule has 27 heavy (non-hydrogen) atoms. The van der Waals surface area contributed by atoms with Crippen LogP contribution in [-0.4, -0.2) is 55.3 Å². The van der Waals surface area contributed by atoms with Crippen molar-refractivity contribution in [2.45, 2.75) is 44.3 Å². The van der Waals surface area contributed by atoms with Crippen molar-refractivity contribution >= 4 is 41.5 Å². The number of nitrogens with zero attached hydrogens (tertiary/aromatic N) is 4. The van der Waals surface area contributed by atoms with Crippen LogP contribution in [0.5, 0.6) is 0 Å². The number of aromatic nitrogens is 4. The molecule has 4 rings (SSSR count). The number of hydrogen-bond acceptors (Lipinski definition) is 10. The zero-order valence-corrected chi connectivity index (χ0v) is 16.0. The molecule has 146 valence electrons. The minimum absolute atomic E-state index is 0.0283. The summed E-state index contributed by atoms with van der Waals surface area (Å²) in [5, 5.41) is 0. The van der Waals surface area contributed by atoms with Crippen LogP contribution in [0.1, 0.15) is 26.0 Å². The number of fused-ring (bicyclic) bond motifs is 2. The molecule has 2 aromatic heterocycles. The summed E-state index contributed by atoms with van der Waals surface area (Å²) in [4.78, 5) is 34.5. The summed E-state index contributed by atoms with van der Waals surface area (Å²) in [6, 6.07) is 0. The van der Waals surface area contributed by atoms with Gasteiger partial charge in [0.25, 0.3) is 0 Å². The van der Waals surface area contributed by atoms with E-state index in [1.54, 1.807) is 4.57 Å². The second-order valence-electron chi connectivity index (χ2n) is 6.19. The predicted octanol–water partition coefficient (Wildman–Crippen LogP) is 0.650. The molecule has 0 amide bonds. The molecular weight excluding hydrogens is 397 g/mol. The van der Waals surface area contributed by atoms with Crippen LogP contribution in [-0.2, 0) is 35.1 Å². The van der Waals surface area contributed by atoms with E-state index in [4.69, 9.17) is 36.1 Å². The fraction of sp³-hybridized carbons (Fsp3) is 0.571. The van der Waals surface area contributed by atoms with Crippen molar-refractivity contribution < 1.29 is 28.2 Å². The molecule has 2 aliphatic rings. The number of esters is 1. The van der Waals surface area contributed by atoms with Crippen LogP contribution in [0.25, 0.3) is 11.2 Å². The van der Waals surface area contributed by atoms with E-state index in [0.29, 0.717) is 17.6 Å². The SMILES string of the molecule is CCCC(=O)O[C@@H]1[C@@H]2OP(O)(=S)OC[C@H]2O[C@H]1n1cnc2c(N)ncnc21. The summed E-state index contributed by atoms with van der Waals surface area (Å²) >= 11 is 4.94. The number of nitrogen functional groups attached to an aromatic ring is 1. The number of imidazole rings is 1. The first-order valence-corrected chi connectivity index (χ1v) is 10.9. The lowest BCUT2D eigenvalue weighted by Gasteiger charge is -2.31. The Morgan fingerprint density at radius 3 is 3.11 bits per heavy atom. The van der Waals surface area contributed by atoms with E-state index in [9.17, 15) is 9.69 Å². The number of carbonyl (C=O) groups excluding carboxylic acids is 1. The Balaban J connectivity index is 1.72. The van der Waals surface area contributed by atoms with Gasteiger partial charge in [-0.05, 0) is 18.2 Å². The van der Waals surface area contributed by atoms with E-state index >= 15 is 0 Å². The summed E-state index contributed by atoms with van der Waals surface area (Å²) in [5.41, 5.74) is 6.66. The lowest BCUT2D eigenvalue weighted by Crippen LogP contribution is -2.41. The molecule has 2 aromatic rings. The van der Waals surface area contributed by atoms with Gasteiger partial charge < -0.3 is 24.6 Å². The molecule has 0 bridgehead atoms. The van der Waals surface area contributed by atoms with Gasteiger partial charge in [0.2, 0.25) is 0 Å². The largest absolute Gasteiger partial charge is 0.455 e. The van der Waals surface area contributed by atoms with Crippen molar-refractivity contribution in [3.63, 3.8) is 0 Å². The number of anilines is 1. The number of carbonyl (C=O) groups is 1. The summed E-state index contributed by atoms with van der Waals surface area (Å²) in [5.74, 6) is -0.184. The second-order valence-corrected chi connectivity index (χ2v) is 8.98. The molecule has 0 saturated carbocycles. The minimum atomic E-state index is -3.42. The van der Waals surface area contributed by atoms with Gasteiger partial charge in [0.15, 0.2) is 23.8 Å². The highest BCUT2D eigenvalue weighted by Gasteiger charge is 2.54. The molecule has 13 heteroatoms.